The van der Waals surface area contributed by atoms with E-state index < -0.39 is 0 Å². The molecule has 34 heavy (non-hydrogen) atoms. The fourth-order valence-corrected chi connectivity index (χ4v) is 5.20. The maximum Gasteiger partial charge on any atom is 0.159 e. The van der Waals surface area contributed by atoms with E-state index in [-0.39, 0.29) is 0 Å². The van der Waals surface area contributed by atoms with Crippen LogP contribution in [0.15, 0.2) is 36.7 Å². The first kappa shape index (κ1) is 26.7. The molecule has 2 aromatic rings. The van der Waals surface area contributed by atoms with Crippen LogP contribution in [0, 0.1) is 5.92 Å². The highest BCUT2D eigenvalue weighted by Gasteiger charge is 2.12. The van der Waals surface area contributed by atoms with Gasteiger partial charge >= 0.3 is 0 Å². The van der Waals surface area contributed by atoms with E-state index in [4.69, 9.17) is 4.74 Å². The van der Waals surface area contributed by atoms with Gasteiger partial charge in [-0.1, -0.05) is 128 Å². The summed E-state index contributed by atoms with van der Waals surface area (Å²) < 4.78 is 5.87. The highest BCUT2D eigenvalue weighted by Crippen LogP contribution is 2.28. The summed E-state index contributed by atoms with van der Waals surface area (Å²) >= 11 is 0. The van der Waals surface area contributed by atoms with Gasteiger partial charge in [-0.3, -0.25) is 0 Å². The van der Waals surface area contributed by atoms with Gasteiger partial charge in [0.25, 0.3) is 0 Å². The Balaban J connectivity index is 1.27. The van der Waals surface area contributed by atoms with E-state index in [1.807, 2.05) is 12.4 Å². The molecule has 3 rings (SSSR count). The molecule has 0 bridgehead atoms. The number of hydrogen-bond acceptors (Lipinski definition) is 3. The van der Waals surface area contributed by atoms with E-state index in [9.17, 15) is 0 Å². The van der Waals surface area contributed by atoms with Gasteiger partial charge in [-0.05, 0) is 30.7 Å². The Morgan fingerprint density at radius 1 is 0.735 bits per heavy atom. The van der Waals surface area contributed by atoms with Crippen molar-refractivity contribution in [3.63, 3.8) is 0 Å². The first-order chi connectivity index (χ1) is 16.8. The van der Waals surface area contributed by atoms with E-state index in [2.05, 4.69) is 41.2 Å². The topological polar surface area (TPSA) is 35.0 Å². The lowest BCUT2D eigenvalue weighted by Gasteiger charge is -2.21. The molecule has 1 aliphatic rings. The summed E-state index contributed by atoms with van der Waals surface area (Å²) in [6.45, 7) is 3.04. The summed E-state index contributed by atoms with van der Waals surface area (Å²) in [5.74, 6) is 2.55. The predicted octanol–water partition coefficient (Wildman–Crippen LogP) is 9.35. The molecule has 3 heteroatoms. The number of benzene rings is 1. The van der Waals surface area contributed by atoms with Gasteiger partial charge in [-0.2, -0.15) is 0 Å². The Kier molecular flexibility index (Phi) is 13.1. The molecule has 1 saturated carbocycles. The van der Waals surface area contributed by atoms with Crippen molar-refractivity contribution >= 4 is 0 Å². The van der Waals surface area contributed by atoms with Crippen LogP contribution in [0.5, 0.6) is 5.75 Å². The summed E-state index contributed by atoms with van der Waals surface area (Å²) in [4.78, 5) is 9.07. The maximum atomic E-state index is 5.87. The summed E-state index contributed by atoms with van der Waals surface area (Å²) in [6, 6.07) is 8.78. The van der Waals surface area contributed by atoms with E-state index in [1.54, 1.807) is 0 Å². The van der Waals surface area contributed by atoms with Gasteiger partial charge in [0.1, 0.15) is 0 Å². The Hall–Kier alpha value is -1.90. The smallest absolute Gasteiger partial charge is 0.159 e. The molecule has 1 aliphatic carbocycles. The lowest BCUT2D eigenvalue weighted by molar-refractivity contribution is 0.291. The normalized spacial score (nSPS) is 14.4. The second-order valence-corrected chi connectivity index (χ2v) is 10.4. The van der Waals surface area contributed by atoms with Crippen molar-refractivity contribution in [3.8, 4) is 17.1 Å². The molecule has 3 nitrogen and oxygen atoms in total. The monoisotopic (exact) mass is 464 g/mol. The fraction of sp³-hybridized carbons (Fsp3) is 0.677. The van der Waals surface area contributed by atoms with Crippen LogP contribution in [0.1, 0.15) is 122 Å². The summed E-state index contributed by atoms with van der Waals surface area (Å²) in [6.07, 6.45) is 28.2. The SMILES string of the molecule is CCCCCCCCCCc1ccc(-c2ncc(OCCCCCC3CCCCC3)cn2)cc1. The quantitative estimate of drug-likeness (QED) is 0.219. The largest absolute Gasteiger partial charge is 0.490 e. The molecule has 0 unspecified atom stereocenters. The third-order valence-electron chi connectivity index (χ3n) is 7.41. The van der Waals surface area contributed by atoms with Crippen LogP contribution in [0.2, 0.25) is 0 Å². The molecule has 0 atom stereocenters. The molecule has 0 amide bonds. The molecule has 1 heterocycles. The number of rotatable bonds is 17. The molecule has 1 aromatic carbocycles. The molecule has 188 valence electrons. The fourth-order valence-electron chi connectivity index (χ4n) is 5.20. The second kappa shape index (κ2) is 16.7. The molecule has 0 radical (unpaired) electrons. The van der Waals surface area contributed by atoms with Crippen molar-refractivity contribution in [2.24, 2.45) is 5.92 Å². The first-order valence-corrected chi connectivity index (χ1v) is 14.4. The average Bonchev–Trinajstić information content (AvgIpc) is 2.89. The second-order valence-electron chi connectivity index (χ2n) is 10.4. The van der Waals surface area contributed by atoms with Crippen molar-refractivity contribution < 1.29 is 4.74 Å². The van der Waals surface area contributed by atoms with Crippen LogP contribution in [0.4, 0.5) is 0 Å². The summed E-state index contributed by atoms with van der Waals surface area (Å²) in [5, 5.41) is 0. The summed E-state index contributed by atoms with van der Waals surface area (Å²) in [5.41, 5.74) is 2.49. The van der Waals surface area contributed by atoms with Crippen molar-refractivity contribution in [2.45, 2.75) is 122 Å². The standard InChI is InChI=1S/C31H48N2O/c1-2-3-4-5-6-7-8-11-19-28-20-22-29(23-21-28)31-32-25-30(26-33-31)34-24-15-10-14-18-27-16-12-9-13-17-27/h20-23,25-27H,2-19,24H2,1H3. The molecule has 1 fully saturated rings. The average molecular weight is 465 g/mol. The molecule has 0 spiro atoms. The van der Waals surface area contributed by atoms with E-state index in [0.29, 0.717) is 0 Å². The van der Waals surface area contributed by atoms with E-state index >= 15 is 0 Å². The van der Waals surface area contributed by atoms with Gasteiger partial charge in [0.2, 0.25) is 0 Å². The van der Waals surface area contributed by atoms with Gasteiger partial charge in [0.05, 0.1) is 19.0 Å². The van der Waals surface area contributed by atoms with Crippen molar-refractivity contribution in [1.82, 2.24) is 9.97 Å². The third-order valence-corrected chi connectivity index (χ3v) is 7.41. The minimum absolute atomic E-state index is 0.765. The predicted molar refractivity (Wildman–Crippen MR) is 144 cm³/mol. The van der Waals surface area contributed by atoms with Gasteiger partial charge in [0, 0.05) is 5.56 Å². The van der Waals surface area contributed by atoms with Crippen LogP contribution >= 0.6 is 0 Å². The Bertz CT molecular complexity index is 750. The van der Waals surface area contributed by atoms with E-state index in [1.165, 1.54) is 115 Å². The molecule has 0 saturated heterocycles. The van der Waals surface area contributed by atoms with E-state index in [0.717, 1.165) is 36.1 Å². The zero-order valence-electron chi connectivity index (χ0n) is 21.8. The van der Waals surface area contributed by atoms with Crippen molar-refractivity contribution in [1.29, 1.82) is 0 Å². The molecule has 0 aliphatic heterocycles. The third kappa shape index (κ3) is 10.6. The number of aryl methyl sites for hydroxylation is 1. The molecule has 1 aromatic heterocycles. The minimum atomic E-state index is 0.765. The summed E-state index contributed by atoms with van der Waals surface area (Å²) in [7, 11) is 0. The van der Waals surface area contributed by atoms with Crippen LogP contribution in [0.3, 0.4) is 0 Å². The number of unbranched alkanes of at least 4 members (excludes halogenated alkanes) is 9. The Labute approximate surface area is 209 Å². The highest BCUT2D eigenvalue weighted by atomic mass is 16.5. The first-order valence-electron chi connectivity index (χ1n) is 14.4. The van der Waals surface area contributed by atoms with Crippen LogP contribution in [-0.4, -0.2) is 16.6 Å². The van der Waals surface area contributed by atoms with Crippen molar-refractivity contribution in [2.75, 3.05) is 6.61 Å². The highest BCUT2D eigenvalue weighted by molar-refractivity contribution is 5.55. The number of aromatic nitrogens is 2. The van der Waals surface area contributed by atoms with Crippen LogP contribution < -0.4 is 4.74 Å². The lowest BCUT2D eigenvalue weighted by atomic mass is 9.86. The Morgan fingerprint density at radius 2 is 1.38 bits per heavy atom. The number of hydrogen-bond donors (Lipinski definition) is 0. The van der Waals surface area contributed by atoms with Gasteiger partial charge in [-0.15, -0.1) is 0 Å². The zero-order chi connectivity index (χ0) is 23.7. The zero-order valence-corrected chi connectivity index (χ0v) is 21.8. The molecular formula is C31H48N2O. The number of nitrogens with zero attached hydrogens (tertiary/aromatic N) is 2. The van der Waals surface area contributed by atoms with Gasteiger partial charge in [-0.25, -0.2) is 9.97 Å². The van der Waals surface area contributed by atoms with Crippen LogP contribution in [-0.2, 0) is 6.42 Å². The van der Waals surface area contributed by atoms with Crippen molar-refractivity contribution in [3.05, 3.63) is 42.2 Å². The van der Waals surface area contributed by atoms with Gasteiger partial charge in [0.15, 0.2) is 11.6 Å². The lowest BCUT2D eigenvalue weighted by Crippen LogP contribution is -2.06. The number of ether oxygens (including phenoxy) is 1. The molecule has 0 N–H and O–H groups in total. The van der Waals surface area contributed by atoms with Gasteiger partial charge < -0.3 is 4.74 Å². The van der Waals surface area contributed by atoms with Crippen LogP contribution in [0.25, 0.3) is 11.4 Å². The maximum absolute atomic E-state index is 5.87. The minimum Gasteiger partial charge on any atom is -0.490 e. The molecular weight excluding hydrogens is 416 g/mol. The Morgan fingerprint density at radius 3 is 2.09 bits per heavy atom.